The normalized spacial score (nSPS) is 11.1. The number of aromatic nitrogens is 2. The van der Waals surface area contributed by atoms with Gasteiger partial charge in [-0.3, -0.25) is 4.72 Å². The van der Waals surface area contributed by atoms with Crippen LogP contribution in [-0.2, 0) is 10.0 Å². The number of aryl methyl sites for hydroxylation is 1. The van der Waals surface area contributed by atoms with Crippen LogP contribution in [-0.4, -0.2) is 29.5 Å². The SMILES string of the molecule is Cc1cc(C(=O)O)cc(S(=O)(=O)Nc2cncnc2)c1Br. The first-order chi connectivity index (χ1) is 9.81. The molecule has 0 amide bonds. The Morgan fingerprint density at radius 3 is 2.48 bits per heavy atom. The van der Waals surface area contributed by atoms with E-state index in [1.165, 1.54) is 24.8 Å². The molecule has 2 rings (SSSR count). The van der Waals surface area contributed by atoms with Crippen molar-refractivity contribution in [2.75, 3.05) is 4.72 Å². The number of carboxylic acid groups (broad SMARTS) is 1. The smallest absolute Gasteiger partial charge is 0.335 e. The predicted octanol–water partition coefficient (Wildman–Crippen LogP) is 2.05. The van der Waals surface area contributed by atoms with Crippen LogP contribution >= 0.6 is 15.9 Å². The molecule has 0 bridgehead atoms. The Kier molecular flexibility index (Phi) is 4.24. The van der Waals surface area contributed by atoms with Crippen molar-refractivity contribution in [1.82, 2.24) is 9.97 Å². The third-order valence-corrected chi connectivity index (χ3v) is 5.29. The van der Waals surface area contributed by atoms with Crippen molar-refractivity contribution in [2.24, 2.45) is 0 Å². The third kappa shape index (κ3) is 3.37. The first-order valence-electron chi connectivity index (χ1n) is 5.62. The van der Waals surface area contributed by atoms with E-state index in [2.05, 4.69) is 30.6 Å². The van der Waals surface area contributed by atoms with Crippen LogP contribution in [0.3, 0.4) is 0 Å². The van der Waals surface area contributed by atoms with Crippen LogP contribution < -0.4 is 4.72 Å². The molecule has 0 aliphatic carbocycles. The molecule has 1 aromatic carbocycles. The van der Waals surface area contributed by atoms with Crippen LogP contribution in [0.5, 0.6) is 0 Å². The number of aromatic carboxylic acids is 1. The Bertz CT molecular complexity index is 794. The molecule has 21 heavy (non-hydrogen) atoms. The highest BCUT2D eigenvalue weighted by molar-refractivity contribution is 9.10. The highest BCUT2D eigenvalue weighted by atomic mass is 79.9. The van der Waals surface area contributed by atoms with E-state index in [4.69, 9.17) is 5.11 Å². The summed E-state index contributed by atoms with van der Waals surface area (Å²) in [6.07, 6.45) is 3.86. The summed E-state index contributed by atoms with van der Waals surface area (Å²) in [5.41, 5.74) is 0.572. The maximum atomic E-state index is 12.4. The van der Waals surface area contributed by atoms with Gasteiger partial charge in [-0.25, -0.2) is 23.2 Å². The zero-order chi connectivity index (χ0) is 15.6. The highest BCUT2D eigenvalue weighted by Gasteiger charge is 2.22. The zero-order valence-corrected chi connectivity index (χ0v) is 13.1. The molecule has 110 valence electrons. The van der Waals surface area contributed by atoms with Crippen molar-refractivity contribution < 1.29 is 18.3 Å². The molecule has 2 aromatic rings. The molecule has 0 saturated heterocycles. The Labute approximate surface area is 129 Å². The van der Waals surface area contributed by atoms with Gasteiger partial charge in [-0.1, -0.05) is 0 Å². The van der Waals surface area contributed by atoms with Crippen LogP contribution in [0.25, 0.3) is 0 Å². The van der Waals surface area contributed by atoms with E-state index < -0.39 is 16.0 Å². The van der Waals surface area contributed by atoms with Crippen molar-refractivity contribution in [3.05, 3.63) is 46.5 Å². The van der Waals surface area contributed by atoms with Crippen LogP contribution in [0, 0.1) is 6.92 Å². The molecular formula is C12H10BrN3O4S. The summed E-state index contributed by atoms with van der Waals surface area (Å²) in [4.78, 5) is 18.3. The maximum absolute atomic E-state index is 12.4. The van der Waals surface area contributed by atoms with E-state index in [9.17, 15) is 13.2 Å². The maximum Gasteiger partial charge on any atom is 0.335 e. The second-order valence-corrected chi connectivity index (χ2v) is 6.59. The number of hydrogen-bond acceptors (Lipinski definition) is 5. The summed E-state index contributed by atoms with van der Waals surface area (Å²) >= 11 is 3.17. The van der Waals surface area contributed by atoms with Gasteiger partial charge in [0, 0.05) is 4.47 Å². The van der Waals surface area contributed by atoms with Gasteiger partial charge in [0.05, 0.1) is 23.6 Å². The standard InChI is InChI=1S/C12H10BrN3O4S/c1-7-2-8(12(17)18)3-10(11(7)13)21(19,20)16-9-4-14-6-15-5-9/h2-6,16H,1H3,(H,17,18). The van der Waals surface area contributed by atoms with E-state index in [-0.39, 0.29) is 16.1 Å². The second kappa shape index (κ2) is 5.78. The van der Waals surface area contributed by atoms with E-state index in [0.29, 0.717) is 10.0 Å². The molecular weight excluding hydrogens is 362 g/mol. The molecule has 2 N–H and O–H groups in total. The fraction of sp³-hybridized carbons (Fsp3) is 0.0833. The Hall–Kier alpha value is -2.00. The first kappa shape index (κ1) is 15.4. The number of carboxylic acids is 1. The van der Waals surface area contributed by atoms with Gasteiger partial charge in [0.15, 0.2) is 0 Å². The van der Waals surface area contributed by atoms with Gasteiger partial charge < -0.3 is 5.11 Å². The number of anilines is 1. The molecule has 0 aliphatic heterocycles. The molecule has 7 nitrogen and oxygen atoms in total. The highest BCUT2D eigenvalue weighted by Crippen LogP contribution is 2.28. The molecule has 0 unspecified atom stereocenters. The summed E-state index contributed by atoms with van der Waals surface area (Å²) < 4.78 is 27.3. The molecule has 1 aromatic heterocycles. The van der Waals surface area contributed by atoms with Crippen LogP contribution in [0.4, 0.5) is 5.69 Å². The summed E-state index contributed by atoms with van der Waals surface area (Å²) in [5.74, 6) is -1.20. The monoisotopic (exact) mass is 371 g/mol. The lowest BCUT2D eigenvalue weighted by atomic mass is 10.1. The van der Waals surface area contributed by atoms with E-state index in [0.717, 1.165) is 6.07 Å². The zero-order valence-electron chi connectivity index (χ0n) is 10.7. The minimum Gasteiger partial charge on any atom is -0.478 e. The molecule has 9 heteroatoms. The molecule has 0 fully saturated rings. The first-order valence-corrected chi connectivity index (χ1v) is 7.90. The van der Waals surface area contributed by atoms with Gasteiger partial charge in [-0.15, -0.1) is 0 Å². The minimum atomic E-state index is -3.96. The molecule has 1 heterocycles. The van der Waals surface area contributed by atoms with Crippen LogP contribution in [0.1, 0.15) is 15.9 Å². The van der Waals surface area contributed by atoms with E-state index in [1.54, 1.807) is 6.92 Å². The molecule has 0 atom stereocenters. The van der Waals surface area contributed by atoms with Gasteiger partial charge in [0.25, 0.3) is 10.0 Å². The van der Waals surface area contributed by atoms with Gasteiger partial charge in [0.1, 0.15) is 11.2 Å². The number of hydrogen-bond donors (Lipinski definition) is 2. The number of benzene rings is 1. The average molecular weight is 372 g/mol. The van der Waals surface area contributed by atoms with Crippen molar-refractivity contribution in [3.8, 4) is 0 Å². The summed E-state index contributed by atoms with van der Waals surface area (Å²) in [6, 6.07) is 2.47. The molecule has 0 radical (unpaired) electrons. The lowest BCUT2D eigenvalue weighted by molar-refractivity contribution is 0.0696. The number of rotatable bonds is 4. The van der Waals surface area contributed by atoms with Gasteiger partial charge in [-0.05, 0) is 40.5 Å². The number of sulfonamides is 1. The van der Waals surface area contributed by atoms with Crippen LogP contribution in [0.15, 0.2) is 40.2 Å². The second-order valence-electron chi connectivity index (χ2n) is 4.14. The van der Waals surface area contributed by atoms with Gasteiger partial charge in [0.2, 0.25) is 0 Å². The fourth-order valence-corrected chi connectivity index (χ4v) is 3.69. The van der Waals surface area contributed by atoms with E-state index >= 15 is 0 Å². The summed E-state index contributed by atoms with van der Waals surface area (Å²) in [7, 11) is -3.96. The number of carbonyl (C=O) groups is 1. The quantitative estimate of drug-likeness (QED) is 0.850. The summed E-state index contributed by atoms with van der Waals surface area (Å²) in [5, 5.41) is 9.03. The lowest BCUT2D eigenvalue weighted by Gasteiger charge is -2.11. The van der Waals surface area contributed by atoms with Crippen molar-refractivity contribution >= 4 is 37.6 Å². The topological polar surface area (TPSA) is 109 Å². The van der Waals surface area contributed by atoms with Crippen molar-refractivity contribution in [2.45, 2.75) is 11.8 Å². The number of nitrogens with one attached hydrogen (secondary N) is 1. The molecule has 0 spiro atoms. The number of halogens is 1. The van der Waals surface area contributed by atoms with Crippen molar-refractivity contribution in [3.63, 3.8) is 0 Å². The Morgan fingerprint density at radius 1 is 1.29 bits per heavy atom. The Balaban J connectivity index is 2.52. The average Bonchev–Trinajstić information content (AvgIpc) is 2.41. The van der Waals surface area contributed by atoms with Gasteiger partial charge >= 0.3 is 5.97 Å². The van der Waals surface area contributed by atoms with Gasteiger partial charge in [-0.2, -0.15) is 0 Å². The minimum absolute atomic E-state index is 0.111. The largest absolute Gasteiger partial charge is 0.478 e. The van der Waals surface area contributed by atoms with Crippen molar-refractivity contribution in [1.29, 1.82) is 0 Å². The molecule has 0 aliphatic rings. The Morgan fingerprint density at radius 2 is 1.90 bits per heavy atom. The lowest BCUT2D eigenvalue weighted by Crippen LogP contribution is -2.15. The third-order valence-electron chi connectivity index (χ3n) is 2.57. The van der Waals surface area contributed by atoms with Crippen LogP contribution in [0.2, 0.25) is 0 Å². The number of nitrogens with zero attached hydrogens (tertiary/aromatic N) is 2. The predicted molar refractivity (Wildman–Crippen MR) is 78.7 cm³/mol. The molecule has 0 saturated carbocycles. The van der Waals surface area contributed by atoms with E-state index in [1.807, 2.05) is 0 Å². The fourth-order valence-electron chi connectivity index (χ4n) is 1.62. The summed E-state index contributed by atoms with van der Waals surface area (Å²) in [6.45, 7) is 1.61.